The smallest absolute Gasteiger partial charge is 0.00654 e. The van der Waals surface area contributed by atoms with Crippen LogP contribution in [0.15, 0.2) is 24.3 Å². The fourth-order valence-electron chi connectivity index (χ4n) is 2.40. The van der Waals surface area contributed by atoms with Crippen LogP contribution in [-0.4, -0.2) is 5.33 Å². The highest BCUT2D eigenvalue weighted by Crippen LogP contribution is 2.36. The zero-order valence-corrected chi connectivity index (χ0v) is 11.0. The molecule has 1 atom stereocenters. The molecule has 1 unspecified atom stereocenters. The van der Waals surface area contributed by atoms with Crippen molar-refractivity contribution in [2.24, 2.45) is 11.8 Å². The SMILES string of the molecule is Cc1cccc(CC(CBr)C2CCC2)c1. The summed E-state index contributed by atoms with van der Waals surface area (Å²) in [5.74, 6) is 1.82. The van der Waals surface area contributed by atoms with Gasteiger partial charge in [0.1, 0.15) is 0 Å². The Hall–Kier alpha value is -0.300. The molecule has 0 heterocycles. The molecular formula is C14H19Br. The van der Waals surface area contributed by atoms with Gasteiger partial charge >= 0.3 is 0 Å². The van der Waals surface area contributed by atoms with E-state index in [0.29, 0.717) is 0 Å². The van der Waals surface area contributed by atoms with Gasteiger partial charge in [0.2, 0.25) is 0 Å². The summed E-state index contributed by atoms with van der Waals surface area (Å²) in [5.41, 5.74) is 2.89. The first kappa shape index (κ1) is 11.2. The summed E-state index contributed by atoms with van der Waals surface area (Å²) in [4.78, 5) is 0. The average molecular weight is 267 g/mol. The van der Waals surface area contributed by atoms with Crippen LogP contribution in [0.2, 0.25) is 0 Å². The maximum Gasteiger partial charge on any atom is 0.00654 e. The topological polar surface area (TPSA) is 0 Å². The second-order valence-corrected chi connectivity index (χ2v) is 5.45. The third kappa shape index (κ3) is 2.84. The van der Waals surface area contributed by atoms with Gasteiger partial charge in [0.05, 0.1) is 0 Å². The average Bonchev–Trinajstić information content (AvgIpc) is 2.14. The number of alkyl halides is 1. The number of halogens is 1. The molecule has 0 spiro atoms. The maximum atomic E-state index is 3.67. The van der Waals surface area contributed by atoms with Gasteiger partial charge in [-0.15, -0.1) is 0 Å². The molecule has 0 radical (unpaired) electrons. The van der Waals surface area contributed by atoms with Gasteiger partial charge in [0.15, 0.2) is 0 Å². The highest BCUT2D eigenvalue weighted by atomic mass is 79.9. The van der Waals surface area contributed by atoms with E-state index in [9.17, 15) is 0 Å². The molecule has 82 valence electrons. The molecule has 1 saturated carbocycles. The van der Waals surface area contributed by atoms with Crippen molar-refractivity contribution < 1.29 is 0 Å². The maximum absolute atomic E-state index is 3.67. The predicted molar refractivity (Wildman–Crippen MR) is 69.5 cm³/mol. The second-order valence-electron chi connectivity index (χ2n) is 4.80. The minimum atomic E-state index is 0.848. The van der Waals surface area contributed by atoms with E-state index in [1.54, 1.807) is 0 Å². The van der Waals surface area contributed by atoms with Gasteiger partial charge in [-0.05, 0) is 30.7 Å². The van der Waals surface area contributed by atoms with Gasteiger partial charge in [-0.25, -0.2) is 0 Å². The van der Waals surface area contributed by atoms with Crippen LogP contribution in [0.25, 0.3) is 0 Å². The van der Waals surface area contributed by atoms with Crippen LogP contribution in [0.5, 0.6) is 0 Å². The Bertz CT molecular complexity index is 315. The van der Waals surface area contributed by atoms with Gasteiger partial charge in [-0.2, -0.15) is 0 Å². The molecule has 0 saturated heterocycles. The van der Waals surface area contributed by atoms with Gasteiger partial charge in [0.25, 0.3) is 0 Å². The molecule has 0 aliphatic heterocycles. The Morgan fingerprint density at radius 2 is 2.20 bits per heavy atom. The van der Waals surface area contributed by atoms with Crippen molar-refractivity contribution in [2.45, 2.75) is 32.6 Å². The van der Waals surface area contributed by atoms with Gasteiger partial charge < -0.3 is 0 Å². The van der Waals surface area contributed by atoms with E-state index in [0.717, 1.165) is 17.2 Å². The Kier molecular flexibility index (Phi) is 3.85. The first-order chi connectivity index (χ1) is 7.29. The summed E-state index contributed by atoms with van der Waals surface area (Å²) >= 11 is 3.67. The van der Waals surface area contributed by atoms with Crippen LogP contribution in [0.3, 0.4) is 0 Å². The third-order valence-corrected chi connectivity index (χ3v) is 4.43. The summed E-state index contributed by atoms with van der Waals surface area (Å²) in [5, 5.41) is 1.16. The molecule has 0 N–H and O–H groups in total. The molecule has 1 aliphatic rings. The molecule has 0 nitrogen and oxygen atoms in total. The van der Waals surface area contributed by atoms with Crippen molar-refractivity contribution in [3.8, 4) is 0 Å². The predicted octanol–water partition coefficient (Wildman–Crippen LogP) is 4.35. The molecule has 2 rings (SSSR count). The minimum absolute atomic E-state index is 0.848. The summed E-state index contributed by atoms with van der Waals surface area (Å²) in [6, 6.07) is 8.95. The normalized spacial score (nSPS) is 18.5. The number of rotatable bonds is 4. The van der Waals surface area contributed by atoms with Crippen LogP contribution in [0, 0.1) is 18.8 Å². The Labute approximate surface area is 101 Å². The number of hydrogen-bond donors (Lipinski definition) is 0. The Balaban J connectivity index is 1.99. The van der Waals surface area contributed by atoms with Gasteiger partial charge in [-0.1, -0.05) is 65.0 Å². The zero-order valence-electron chi connectivity index (χ0n) is 9.38. The molecule has 15 heavy (non-hydrogen) atoms. The van der Waals surface area contributed by atoms with Crippen molar-refractivity contribution in [1.29, 1.82) is 0 Å². The quantitative estimate of drug-likeness (QED) is 0.711. The fourth-order valence-corrected chi connectivity index (χ4v) is 3.16. The number of aryl methyl sites for hydroxylation is 1. The van der Waals surface area contributed by atoms with E-state index in [1.165, 1.54) is 36.8 Å². The first-order valence-corrected chi connectivity index (χ1v) is 7.03. The molecule has 0 aromatic heterocycles. The van der Waals surface area contributed by atoms with E-state index >= 15 is 0 Å². The van der Waals surface area contributed by atoms with Crippen molar-refractivity contribution in [3.05, 3.63) is 35.4 Å². The highest BCUT2D eigenvalue weighted by molar-refractivity contribution is 9.09. The van der Waals surface area contributed by atoms with E-state index < -0.39 is 0 Å². The van der Waals surface area contributed by atoms with Gasteiger partial charge in [0, 0.05) is 5.33 Å². The molecule has 1 aliphatic carbocycles. The van der Waals surface area contributed by atoms with E-state index in [-0.39, 0.29) is 0 Å². The van der Waals surface area contributed by atoms with Crippen LogP contribution in [0.1, 0.15) is 30.4 Å². The fraction of sp³-hybridized carbons (Fsp3) is 0.571. The molecular weight excluding hydrogens is 248 g/mol. The van der Waals surface area contributed by atoms with Crippen LogP contribution in [-0.2, 0) is 6.42 Å². The molecule has 1 aromatic rings. The summed E-state index contributed by atoms with van der Waals surface area (Å²) < 4.78 is 0. The van der Waals surface area contributed by atoms with Crippen LogP contribution >= 0.6 is 15.9 Å². The van der Waals surface area contributed by atoms with E-state index in [2.05, 4.69) is 47.1 Å². The molecule has 1 heteroatoms. The lowest BCUT2D eigenvalue weighted by atomic mass is 9.74. The molecule has 1 aromatic carbocycles. The minimum Gasteiger partial charge on any atom is -0.0925 e. The van der Waals surface area contributed by atoms with Crippen LogP contribution in [0.4, 0.5) is 0 Å². The summed E-state index contributed by atoms with van der Waals surface area (Å²) in [7, 11) is 0. The largest absolute Gasteiger partial charge is 0.0925 e. The molecule has 0 amide bonds. The Morgan fingerprint density at radius 1 is 1.40 bits per heavy atom. The lowest BCUT2D eigenvalue weighted by Crippen LogP contribution is -2.24. The first-order valence-electron chi connectivity index (χ1n) is 5.91. The Morgan fingerprint density at radius 3 is 2.73 bits per heavy atom. The zero-order chi connectivity index (χ0) is 10.7. The standard InChI is InChI=1S/C14H19Br/c1-11-4-2-5-12(8-11)9-14(10-15)13-6-3-7-13/h2,4-5,8,13-14H,3,6-7,9-10H2,1H3. The number of benzene rings is 1. The van der Waals surface area contributed by atoms with Gasteiger partial charge in [-0.3, -0.25) is 0 Å². The second kappa shape index (κ2) is 5.16. The van der Waals surface area contributed by atoms with Crippen molar-refractivity contribution in [2.75, 3.05) is 5.33 Å². The van der Waals surface area contributed by atoms with E-state index in [1.807, 2.05) is 0 Å². The highest BCUT2D eigenvalue weighted by Gasteiger charge is 2.26. The third-order valence-electron chi connectivity index (χ3n) is 3.60. The number of hydrogen-bond acceptors (Lipinski definition) is 0. The van der Waals surface area contributed by atoms with Crippen molar-refractivity contribution >= 4 is 15.9 Å². The summed E-state index contributed by atoms with van der Waals surface area (Å²) in [6.45, 7) is 2.18. The monoisotopic (exact) mass is 266 g/mol. The molecule has 0 bridgehead atoms. The summed E-state index contributed by atoms with van der Waals surface area (Å²) in [6.07, 6.45) is 5.59. The lowest BCUT2D eigenvalue weighted by Gasteiger charge is -2.33. The van der Waals surface area contributed by atoms with Crippen molar-refractivity contribution in [3.63, 3.8) is 0 Å². The van der Waals surface area contributed by atoms with Crippen LogP contribution < -0.4 is 0 Å². The lowest BCUT2D eigenvalue weighted by molar-refractivity contribution is 0.224. The molecule has 1 fully saturated rings. The van der Waals surface area contributed by atoms with Crippen molar-refractivity contribution in [1.82, 2.24) is 0 Å². The van der Waals surface area contributed by atoms with E-state index in [4.69, 9.17) is 0 Å².